The molecule has 0 N–H and O–H groups in total. The van der Waals surface area contributed by atoms with Gasteiger partial charge in [-0.1, -0.05) is 45.5 Å². The Labute approximate surface area is 130 Å². The predicted molar refractivity (Wildman–Crippen MR) is 94.1 cm³/mol. The molecule has 0 bridgehead atoms. The third kappa shape index (κ3) is 4.50. The van der Waals surface area contributed by atoms with Crippen molar-refractivity contribution in [3.8, 4) is 5.75 Å². The molecule has 1 aromatic carbocycles. The molecule has 0 amide bonds. The molecule has 0 aliphatic carbocycles. The lowest BCUT2D eigenvalue weighted by atomic mass is 10.1. The number of rotatable bonds is 8. The second kappa shape index (κ2) is 8.08. The summed E-state index contributed by atoms with van der Waals surface area (Å²) >= 11 is 0. The molecule has 0 saturated heterocycles. The van der Waals surface area contributed by atoms with Crippen LogP contribution in [-0.4, -0.2) is 15.4 Å². The zero-order valence-corrected chi connectivity index (χ0v) is 15.0. The Balaban J connectivity index is 2.94. The number of allylic oxidation sites excluding steroid dienone is 1. The molecule has 116 valence electrons. The van der Waals surface area contributed by atoms with Crippen molar-refractivity contribution in [1.82, 2.24) is 0 Å². The van der Waals surface area contributed by atoms with Crippen molar-refractivity contribution in [2.45, 2.75) is 45.8 Å². The largest absolute Gasteiger partial charge is 0.544 e. The Morgan fingerprint density at radius 1 is 1.14 bits per heavy atom. The normalized spacial score (nSPS) is 12.1. The van der Waals surface area contributed by atoms with Gasteiger partial charge >= 0.3 is 0 Å². The first kappa shape index (κ1) is 17.6. The fourth-order valence-corrected chi connectivity index (χ4v) is 5.02. The van der Waals surface area contributed by atoms with Gasteiger partial charge in [-0.3, -0.25) is 0 Å². The molecule has 1 aromatic rings. The van der Waals surface area contributed by atoms with Crippen molar-refractivity contribution in [3.05, 3.63) is 47.7 Å². The third-order valence-corrected chi connectivity index (χ3v) is 8.77. The van der Waals surface area contributed by atoms with E-state index in [1.165, 1.54) is 0 Å². The van der Waals surface area contributed by atoms with Crippen LogP contribution in [0, 0.1) is 0 Å². The van der Waals surface area contributed by atoms with Gasteiger partial charge in [0, 0.05) is 5.56 Å². The van der Waals surface area contributed by atoms with E-state index in [0.717, 1.165) is 40.8 Å². The van der Waals surface area contributed by atoms with Crippen molar-refractivity contribution in [2.75, 3.05) is 7.11 Å². The van der Waals surface area contributed by atoms with E-state index in [1.54, 1.807) is 7.11 Å². The minimum atomic E-state index is -1.65. The van der Waals surface area contributed by atoms with Crippen molar-refractivity contribution in [1.29, 1.82) is 0 Å². The fraction of sp³-hybridized carbons (Fsp3) is 0.444. The fourth-order valence-electron chi connectivity index (χ4n) is 2.41. The van der Waals surface area contributed by atoms with Gasteiger partial charge in [0.2, 0.25) is 8.32 Å². The van der Waals surface area contributed by atoms with Crippen molar-refractivity contribution >= 4 is 14.4 Å². The molecule has 0 aliphatic heterocycles. The minimum absolute atomic E-state index is 0.804. The van der Waals surface area contributed by atoms with Gasteiger partial charge in [0.15, 0.2) is 0 Å². The van der Waals surface area contributed by atoms with Crippen LogP contribution in [0.3, 0.4) is 0 Å². The summed E-state index contributed by atoms with van der Waals surface area (Å²) in [4.78, 5) is 0. The second-order valence-electron chi connectivity index (χ2n) is 5.34. The molecule has 0 atom stereocenters. The summed E-state index contributed by atoms with van der Waals surface area (Å²) in [5, 5.41) is 0. The molecule has 0 aromatic heterocycles. The van der Waals surface area contributed by atoms with Crippen molar-refractivity contribution in [3.63, 3.8) is 0 Å². The van der Waals surface area contributed by atoms with Crippen molar-refractivity contribution < 1.29 is 9.16 Å². The maximum Gasteiger partial charge on any atom is 0.250 e. The highest BCUT2D eigenvalue weighted by Gasteiger charge is 2.31. The molecule has 0 unspecified atom stereocenters. The molecule has 3 heteroatoms. The lowest BCUT2D eigenvalue weighted by molar-refractivity contribution is 0.413. The first-order chi connectivity index (χ1) is 10.0. The van der Waals surface area contributed by atoms with Crippen LogP contribution in [0.4, 0.5) is 0 Å². The molecule has 2 nitrogen and oxygen atoms in total. The molecule has 0 aliphatic rings. The summed E-state index contributed by atoms with van der Waals surface area (Å²) in [6.07, 6.45) is 2.08. The van der Waals surface area contributed by atoms with E-state index in [0.29, 0.717) is 0 Å². The van der Waals surface area contributed by atoms with Gasteiger partial charge in [-0.15, -0.1) is 0 Å². The van der Waals surface area contributed by atoms with Crippen LogP contribution >= 0.6 is 0 Å². The van der Waals surface area contributed by atoms with E-state index >= 15 is 0 Å². The van der Waals surface area contributed by atoms with E-state index in [2.05, 4.69) is 40.3 Å². The molecular formula is C18H28O2Si. The predicted octanol–water partition coefficient (Wildman–Crippen LogP) is 5.63. The zero-order chi connectivity index (χ0) is 15.9. The molecule has 0 fully saturated rings. The van der Waals surface area contributed by atoms with Crippen LogP contribution in [0.1, 0.15) is 33.3 Å². The lowest BCUT2D eigenvalue weighted by Crippen LogP contribution is -2.35. The summed E-state index contributed by atoms with van der Waals surface area (Å²) in [5.74, 6) is 1.67. The SMILES string of the molecule is C=C(O[Si](CC)(CC)CC)/C(C)=C/c1ccccc1OC. The summed E-state index contributed by atoms with van der Waals surface area (Å²) in [6.45, 7) is 12.9. The average molecular weight is 305 g/mol. The lowest BCUT2D eigenvalue weighted by Gasteiger charge is -2.30. The van der Waals surface area contributed by atoms with E-state index in [9.17, 15) is 0 Å². The highest BCUT2D eigenvalue weighted by molar-refractivity contribution is 6.73. The maximum atomic E-state index is 6.33. The number of ether oxygens (including phenoxy) is 1. The van der Waals surface area contributed by atoms with E-state index in [-0.39, 0.29) is 0 Å². The van der Waals surface area contributed by atoms with Gasteiger partial charge in [0.05, 0.1) is 12.9 Å². The Morgan fingerprint density at radius 2 is 1.71 bits per heavy atom. The monoisotopic (exact) mass is 304 g/mol. The number of benzene rings is 1. The van der Waals surface area contributed by atoms with E-state index < -0.39 is 8.32 Å². The first-order valence-corrected chi connectivity index (χ1v) is 10.2. The van der Waals surface area contributed by atoms with Gasteiger partial charge in [-0.25, -0.2) is 0 Å². The number of para-hydroxylation sites is 1. The quantitative estimate of drug-likeness (QED) is 0.352. The van der Waals surface area contributed by atoms with E-state index in [1.807, 2.05) is 24.3 Å². The zero-order valence-electron chi connectivity index (χ0n) is 14.0. The molecule has 0 spiro atoms. The Kier molecular flexibility index (Phi) is 6.76. The molecule has 0 saturated carbocycles. The van der Waals surface area contributed by atoms with Gasteiger partial charge in [-0.05, 0) is 42.8 Å². The van der Waals surface area contributed by atoms with Crippen LogP contribution in [0.25, 0.3) is 6.08 Å². The van der Waals surface area contributed by atoms with Crippen molar-refractivity contribution in [2.24, 2.45) is 0 Å². The second-order valence-corrected chi connectivity index (χ2v) is 10.0. The summed E-state index contributed by atoms with van der Waals surface area (Å²) in [5.41, 5.74) is 2.12. The Morgan fingerprint density at radius 3 is 2.24 bits per heavy atom. The first-order valence-electron chi connectivity index (χ1n) is 7.71. The van der Waals surface area contributed by atoms with Gasteiger partial charge < -0.3 is 9.16 Å². The Hall–Kier alpha value is -1.48. The van der Waals surface area contributed by atoms with Crippen LogP contribution in [-0.2, 0) is 4.43 Å². The van der Waals surface area contributed by atoms with Gasteiger partial charge in [0.25, 0.3) is 0 Å². The average Bonchev–Trinajstić information content (AvgIpc) is 2.53. The maximum absolute atomic E-state index is 6.33. The molecular weight excluding hydrogens is 276 g/mol. The van der Waals surface area contributed by atoms with Crippen LogP contribution in [0.15, 0.2) is 42.2 Å². The molecule has 0 heterocycles. The van der Waals surface area contributed by atoms with E-state index in [4.69, 9.17) is 9.16 Å². The third-order valence-electron chi connectivity index (χ3n) is 4.22. The van der Waals surface area contributed by atoms with Crippen LogP contribution < -0.4 is 4.74 Å². The van der Waals surface area contributed by atoms with Gasteiger partial charge in [-0.2, -0.15) is 0 Å². The highest BCUT2D eigenvalue weighted by atomic mass is 28.4. The number of hydrogen-bond donors (Lipinski definition) is 0. The summed E-state index contributed by atoms with van der Waals surface area (Å²) < 4.78 is 11.7. The number of methoxy groups -OCH3 is 1. The topological polar surface area (TPSA) is 18.5 Å². The number of hydrogen-bond acceptors (Lipinski definition) is 2. The van der Waals surface area contributed by atoms with Gasteiger partial charge in [0.1, 0.15) is 5.75 Å². The van der Waals surface area contributed by atoms with Crippen LogP contribution in [0.2, 0.25) is 18.1 Å². The summed E-state index contributed by atoms with van der Waals surface area (Å²) in [6, 6.07) is 11.4. The molecule has 21 heavy (non-hydrogen) atoms. The minimum Gasteiger partial charge on any atom is -0.544 e. The highest BCUT2D eigenvalue weighted by Crippen LogP contribution is 2.28. The smallest absolute Gasteiger partial charge is 0.250 e. The Bertz CT molecular complexity index is 493. The molecule has 1 rings (SSSR count). The molecule has 0 radical (unpaired) electrons. The summed E-state index contributed by atoms with van der Waals surface area (Å²) in [7, 11) is 0.0370. The standard InChI is InChI=1S/C18H28O2Si/c1-7-21(8-2,9-3)20-16(5)15(4)14-17-12-10-11-13-18(17)19-6/h10-14H,5,7-9H2,1-4,6H3/b15-14+. The van der Waals surface area contributed by atoms with Crippen LogP contribution in [0.5, 0.6) is 5.75 Å².